The lowest BCUT2D eigenvalue weighted by Crippen LogP contribution is -2.51. The first-order valence-corrected chi connectivity index (χ1v) is 11.3. The van der Waals surface area contributed by atoms with Crippen molar-refractivity contribution in [2.45, 2.75) is 27.2 Å². The summed E-state index contributed by atoms with van der Waals surface area (Å²) in [6.07, 6.45) is 0.211. The molecule has 0 spiro atoms. The summed E-state index contributed by atoms with van der Waals surface area (Å²) in [5.74, 6) is 0.933. The molecule has 0 N–H and O–H groups in total. The fourth-order valence-electron chi connectivity index (χ4n) is 3.74. The molecule has 0 unspecified atom stereocenters. The van der Waals surface area contributed by atoms with Gasteiger partial charge >= 0.3 is 0 Å². The molecule has 0 saturated carbocycles. The van der Waals surface area contributed by atoms with Crippen molar-refractivity contribution in [1.82, 2.24) is 9.80 Å². The van der Waals surface area contributed by atoms with Crippen LogP contribution in [0.2, 0.25) is 0 Å². The Morgan fingerprint density at radius 2 is 1.33 bits per heavy atom. The minimum absolute atomic E-state index is 0.0351. The van der Waals surface area contributed by atoms with Crippen molar-refractivity contribution in [3.05, 3.63) is 53.3 Å². The number of nitrogens with zero attached hydrogens (tertiary/aromatic N) is 2. The van der Waals surface area contributed by atoms with Gasteiger partial charge in [-0.1, -0.05) is 12.1 Å². The van der Waals surface area contributed by atoms with Gasteiger partial charge in [-0.25, -0.2) is 4.39 Å². The van der Waals surface area contributed by atoms with Crippen LogP contribution in [-0.2, 0) is 11.2 Å². The van der Waals surface area contributed by atoms with Gasteiger partial charge in [0.25, 0.3) is 5.91 Å². The van der Waals surface area contributed by atoms with Crippen LogP contribution in [0.15, 0.2) is 36.4 Å². The molecule has 1 aliphatic rings. The SMILES string of the molecule is CCOc1cc(C(=O)N2CCN(C(=O)Cc3ccc(F)cc3)CC2)cc(OCC)c1OCC. The van der Waals surface area contributed by atoms with E-state index in [0.717, 1.165) is 5.56 Å². The van der Waals surface area contributed by atoms with Crippen LogP contribution in [0.5, 0.6) is 17.2 Å². The standard InChI is InChI=1S/C25H31FN2O5/c1-4-31-21-16-19(17-22(32-5-2)24(21)33-6-3)25(30)28-13-11-27(12-14-28)23(29)15-18-7-9-20(26)10-8-18/h7-10,16-17H,4-6,11-15H2,1-3H3. The quantitative estimate of drug-likeness (QED) is 0.575. The van der Waals surface area contributed by atoms with Crippen LogP contribution < -0.4 is 14.2 Å². The van der Waals surface area contributed by atoms with Crippen molar-refractivity contribution >= 4 is 11.8 Å². The largest absolute Gasteiger partial charge is 0.490 e. The Morgan fingerprint density at radius 1 is 0.818 bits per heavy atom. The average molecular weight is 459 g/mol. The van der Waals surface area contributed by atoms with E-state index in [-0.39, 0.29) is 24.1 Å². The lowest BCUT2D eigenvalue weighted by atomic mass is 10.1. The second-order valence-electron chi connectivity index (χ2n) is 7.58. The van der Waals surface area contributed by atoms with E-state index in [9.17, 15) is 14.0 Å². The van der Waals surface area contributed by atoms with E-state index in [1.165, 1.54) is 12.1 Å². The third-order valence-corrected chi connectivity index (χ3v) is 5.34. The first-order valence-electron chi connectivity index (χ1n) is 11.3. The monoisotopic (exact) mass is 458 g/mol. The van der Waals surface area contributed by atoms with E-state index in [1.54, 1.807) is 34.1 Å². The van der Waals surface area contributed by atoms with Crippen molar-refractivity contribution in [3.8, 4) is 17.2 Å². The molecule has 0 aromatic heterocycles. The van der Waals surface area contributed by atoms with Crippen molar-refractivity contribution < 1.29 is 28.2 Å². The van der Waals surface area contributed by atoms with Gasteiger partial charge < -0.3 is 24.0 Å². The molecule has 7 nitrogen and oxygen atoms in total. The summed E-state index contributed by atoms with van der Waals surface area (Å²) >= 11 is 0. The van der Waals surface area contributed by atoms with Gasteiger partial charge in [0.1, 0.15) is 5.82 Å². The molecule has 1 aliphatic heterocycles. The highest BCUT2D eigenvalue weighted by atomic mass is 19.1. The Morgan fingerprint density at radius 3 is 1.85 bits per heavy atom. The molecule has 33 heavy (non-hydrogen) atoms. The van der Waals surface area contributed by atoms with Crippen LogP contribution in [0.4, 0.5) is 4.39 Å². The summed E-state index contributed by atoms with van der Waals surface area (Å²) in [4.78, 5) is 29.3. The number of piperazine rings is 1. The number of benzene rings is 2. The molecular weight excluding hydrogens is 427 g/mol. The fraction of sp³-hybridized carbons (Fsp3) is 0.440. The Hall–Kier alpha value is -3.29. The molecule has 0 radical (unpaired) electrons. The van der Waals surface area contributed by atoms with Gasteiger partial charge in [-0.15, -0.1) is 0 Å². The molecule has 8 heteroatoms. The zero-order valence-corrected chi connectivity index (χ0v) is 19.4. The number of amides is 2. The molecule has 178 valence electrons. The van der Waals surface area contributed by atoms with Crippen LogP contribution in [-0.4, -0.2) is 67.6 Å². The topological polar surface area (TPSA) is 68.3 Å². The van der Waals surface area contributed by atoms with E-state index in [2.05, 4.69) is 0 Å². The number of hydrogen-bond acceptors (Lipinski definition) is 5. The van der Waals surface area contributed by atoms with Crippen molar-refractivity contribution in [3.63, 3.8) is 0 Å². The Bertz CT molecular complexity index is 929. The number of halogens is 1. The molecule has 2 aromatic carbocycles. The molecule has 3 rings (SSSR count). The smallest absolute Gasteiger partial charge is 0.254 e. The summed E-state index contributed by atoms with van der Waals surface area (Å²) in [6, 6.07) is 9.30. The summed E-state index contributed by atoms with van der Waals surface area (Å²) in [6.45, 7) is 8.65. The maximum atomic E-state index is 13.2. The molecule has 0 atom stereocenters. The molecule has 0 bridgehead atoms. The van der Waals surface area contributed by atoms with Crippen LogP contribution in [0.25, 0.3) is 0 Å². The predicted octanol–water partition coefficient (Wildman–Crippen LogP) is 3.55. The predicted molar refractivity (Wildman–Crippen MR) is 123 cm³/mol. The molecule has 0 aliphatic carbocycles. The van der Waals surface area contributed by atoms with Gasteiger partial charge in [0.05, 0.1) is 26.2 Å². The maximum Gasteiger partial charge on any atom is 0.254 e. The van der Waals surface area contributed by atoms with Crippen molar-refractivity contribution in [1.29, 1.82) is 0 Å². The third-order valence-electron chi connectivity index (χ3n) is 5.34. The molecular formula is C25H31FN2O5. The molecule has 1 fully saturated rings. The summed E-state index contributed by atoms with van der Waals surface area (Å²) < 4.78 is 30.2. The highest BCUT2D eigenvalue weighted by Crippen LogP contribution is 2.39. The lowest BCUT2D eigenvalue weighted by Gasteiger charge is -2.35. The second-order valence-corrected chi connectivity index (χ2v) is 7.58. The second kappa shape index (κ2) is 11.5. The molecule has 2 aromatic rings. The zero-order valence-electron chi connectivity index (χ0n) is 19.4. The highest BCUT2D eigenvalue weighted by molar-refractivity contribution is 5.96. The number of ether oxygens (including phenoxy) is 3. The lowest BCUT2D eigenvalue weighted by molar-refractivity contribution is -0.131. The Labute approximate surface area is 194 Å². The summed E-state index contributed by atoms with van der Waals surface area (Å²) in [7, 11) is 0. The van der Waals surface area contributed by atoms with Gasteiger partial charge in [0.15, 0.2) is 11.5 Å². The van der Waals surface area contributed by atoms with Crippen molar-refractivity contribution in [2.75, 3.05) is 46.0 Å². The number of rotatable bonds is 9. The molecule has 2 amide bonds. The van der Waals surface area contributed by atoms with Gasteiger partial charge in [0.2, 0.25) is 11.7 Å². The molecule has 1 heterocycles. The molecule has 1 saturated heterocycles. The minimum Gasteiger partial charge on any atom is -0.490 e. The van der Waals surface area contributed by atoms with E-state index in [1.807, 2.05) is 20.8 Å². The number of carbonyl (C=O) groups excluding carboxylic acids is 2. The third kappa shape index (κ3) is 6.15. The van der Waals surface area contributed by atoms with E-state index < -0.39 is 0 Å². The van der Waals surface area contributed by atoms with Crippen LogP contribution >= 0.6 is 0 Å². The number of carbonyl (C=O) groups is 2. The van der Waals surface area contributed by atoms with Crippen LogP contribution in [0.3, 0.4) is 0 Å². The van der Waals surface area contributed by atoms with Crippen LogP contribution in [0, 0.1) is 5.82 Å². The van der Waals surface area contributed by atoms with E-state index >= 15 is 0 Å². The normalized spacial score (nSPS) is 13.6. The Kier molecular flexibility index (Phi) is 8.52. The van der Waals surface area contributed by atoms with E-state index in [0.29, 0.717) is 68.8 Å². The fourth-order valence-corrected chi connectivity index (χ4v) is 3.74. The van der Waals surface area contributed by atoms with Gasteiger partial charge in [-0.05, 0) is 50.6 Å². The van der Waals surface area contributed by atoms with Gasteiger partial charge in [-0.2, -0.15) is 0 Å². The maximum absolute atomic E-state index is 13.2. The first kappa shape index (κ1) is 24.4. The Balaban J connectivity index is 1.68. The van der Waals surface area contributed by atoms with Gasteiger partial charge in [-0.3, -0.25) is 9.59 Å². The van der Waals surface area contributed by atoms with Gasteiger partial charge in [0, 0.05) is 31.7 Å². The highest BCUT2D eigenvalue weighted by Gasteiger charge is 2.27. The summed E-state index contributed by atoms with van der Waals surface area (Å²) in [5.41, 5.74) is 1.22. The number of hydrogen-bond donors (Lipinski definition) is 0. The average Bonchev–Trinajstić information content (AvgIpc) is 2.82. The zero-order chi connectivity index (χ0) is 23.8. The van der Waals surface area contributed by atoms with Crippen molar-refractivity contribution in [2.24, 2.45) is 0 Å². The first-order chi connectivity index (χ1) is 16.0. The summed E-state index contributed by atoms with van der Waals surface area (Å²) in [5, 5.41) is 0. The van der Waals surface area contributed by atoms with E-state index in [4.69, 9.17) is 14.2 Å². The van der Waals surface area contributed by atoms with Crippen LogP contribution in [0.1, 0.15) is 36.7 Å². The minimum atomic E-state index is -0.326.